The highest BCUT2D eigenvalue weighted by atomic mass is 31.2. The van der Waals surface area contributed by atoms with E-state index in [2.05, 4.69) is 19.8 Å². The molecule has 2 fully saturated rings. The van der Waals surface area contributed by atoms with Gasteiger partial charge >= 0.3 is 14.0 Å². The Kier molecular flexibility index (Phi) is 5.77. The third-order valence-corrected chi connectivity index (χ3v) is 6.51. The first-order valence-corrected chi connectivity index (χ1v) is 11.2. The Morgan fingerprint density at radius 1 is 1.52 bits per heavy atom. The lowest BCUT2D eigenvalue weighted by Gasteiger charge is -2.36. The molecule has 0 spiro atoms. The summed E-state index contributed by atoms with van der Waals surface area (Å²) < 4.78 is 45.0. The second-order valence-corrected chi connectivity index (χ2v) is 9.32. The van der Waals surface area contributed by atoms with Crippen LogP contribution < -0.4 is 5.73 Å². The van der Waals surface area contributed by atoms with Crippen molar-refractivity contribution >= 4 is 25.4 Å². The highest BCUT2D eigenvalue weighted by Gasteiger charge is 2.69. The smallest absolute Gasteiger partial charge is 0.432 e. The van der Waals surface area contributed by atoms with Crippen molar-refractivity contribution in [3.05, 3.63) is 18.2 Å². The number of carbonyl (C=O) groups excluding carboxylic acids is 1. The lowest BCUT2D eigenvalue weighted by Crippen LogP contribution is -2.53. The van der Waals surface area contributed by atoms with Gasteiger partial charge in [0.15, 0.2) is 11.5 Å². The lowest BCUT2D eigenvalue weighted by atomic mass is 9.80. The van der Waals surface area contributed by atoms with Crippen LogP contribution in [0.5, 0.6) is 0 Å². The molecule has 3 N–H and O–H groups in total. The van der Waals surface area contributed by atoms with Gasteiger partial charge in [0.2, 0.25) is 12.4 Å². The van der Waals surface area contributed by atoms with E-state index >= 15 is 0 Å². The predicted molar refractivity (Wildman–Crippen MR) is 105 cm³/mol. The van der Waals surface area contributed by atoms with Crippen LogP contribution in [0.2, 0.25) is 0 Å². The van der Waals surface area contributed by atoms with Crippen molar-refractivity contribution in [2.24, 2.45) is 0 Å². The fourth-order valence-electron chi connectivity index (χ4n) is 3.62. The van der Waals surface area contributed by atoms with Crippen molar-refractivity contribution in [3.8, 4) is 6.07 Å². The maximum atomic E-state index is 12.9. The SMILES string of the molecule is CC(C)OC(=O)OCOP1(=O)OCC2O[C@@](C#N)(c3cnc4c(N)ncnn34)[C@](C)(O)[C@@H]2O1. The molecular formula is C17H21N6O9P. The van der Waals surface area contributed by atoms with Crippen molar-refractivity contribution in [2.75, 3.05) is 19.1 Å². The maximum absolute atomic E-state index is 12.9. The highest BCUT2D eigenvalue weighted by molar-refractivity contribution is 7.48. The molecule has 0 aliphatic carbocycles. The summed E-state index contributed by atoms with van der Waals surface area (Å²) in [4.78, 5) is 19.4. The first kappa shape index (κ1) is 23.3. The number of nitriles is 1. The third-order valence-electron chi connectivity index (χ3n) is 5.14. The van der Waals surface area contributed by atoms with Gasteiger partial charge in [0.05, 0.1) is 18.9 Å². The van der Waals surface area contributed by atoms with Gasteiger partial charge in [-0.3, -0.25) is 9.05 Å². The van der Waals surface area contributed by atoms with Crippen LogP contribution in [0.1, 0.15) is 26.5 Å². The summed E-state index contributed by atoms with van der Waals surface area (Å²) in [6.45, 7) is 3.36. The molecule has 0 bridgehead atoms. The highest BCUT2D eigenvalue weighted by Crippen LogP contribution is 2.60. The summed E-state index contributed by atoms with van der Waals surface area (Å²) in [5.41, 5.74) is 1.86. The van der Waals surface area contributed by atoms with Crippen molar-refractivity contribution in [3.63, 3.8) is 0 Å². The number of nitrogens with two attached hydrogens (primary N) is 1. The number of rotatable bonds is 5. The van der Waals surface area contributed by atoms with E-state index in [1.807, 2.05) is 6.07 Å². The van der Waals surface area contributed by atoms with E-state index in [0.29, 0.717) is 0 Å². The fourth-order valence-corrected chi connectivity index (χ4v) is 4.95. The zero-order valence-corrected chi connectivity index (χ0v) is 18.7. The average Bonchev–Trinajstić information content (AvgIpc) is 3.26. The summed E-state index contributed by atoms with van der Waals surface area (Å²) in [5, 5.41) is 25.5. The number of aliphatic hydroxyl groups is 1. The Bertz CT molecular complexity index is 1160. The number of ether oxygens (including phenoxy) is 3. The van der Waals surface area contributed by atoms with Crippen LogP contribution in [-0.2, 0) is 37.9 Å². The number of fused-ring (bicyclic) bond motifs is 2. The molecule has 33 heavy (non-hydrogen) atoms. The molecule has 0 radical (unpaired) electrons. The largest absolute Gasteiger partial charge is 0.510 e. The Morgan fingerprint density at radius 2 is 2.27 bits per heavy atom. The molecule has 5 atom stereocenters. The zero-order valence-electron chi connectivity index (χ0n) is 17.8. The minimum atomic E-state index is -4.30. The van der Waals surface area contributed by atoms with Gasteiger partial charge in [0, 0.05) is 0 Å². The van der Waals surface area contributed by atoms with E-state index in [1.165, 1.54) is 17.6 Å². The van der Waals surface area contributed by atoms with Gasteiger partial charge in [-0.1, -0.05) is 0 Å². The lowest BCUT2D eigenvalue weighted by molar-refractivity contribution is -0.105. The first-order valence-electron chi connectivity index (χ1n) is 9.70. The predicted octanol–water partition coefficient (Wildman–Crippen LogP) is 0.634. The van der Waals surface area contributed by atoms with Crippen LogP contribution in [0.25, 0.3) is 5.65 Å². The molecule has 15 nitrogen and oxygen atoms in total. The molecular weight excluding hydrogens is 463 g/mol. The minimum absolute atomic E-state index is 0.0487. The summed E-state index contributed by atoms with van der Waals surface area (Å²) in [7, 11) is -4.30. The Labute approximate surface area is 186 Å². The van der Waals surface area contributed by atoms with Crippen LogP contribution in [0.4, 0.5) is 10.6 Å². The second kappa shape index (κ2) is 8.17. The number of imidazole rings is 1. The molecule has 4 rings (SSSR count). The van der Waals surface area contributed by atoms with E-state index < -0.39 is 50.3 Å². The van der Waals surface area contributed by atoms with Gasteiger partial charge in [0.25, 0.3) is 0 Å². The van der Waals surface area contributed by atoms with Crippen LogP contribution in [0, 0.1) is 11.3 Å². The van der Waals surface area contributed by atoms with Gasteiger partial charge in [-0.25, -0.2) is 28.4 Å². The van der Waals surface area contributed by atoms with E-state index in [0.717, 1.165) is 6.33 Å². The molecule has 4 heterocycles. The number of hydrogen-bond acceptors (Lipinski definition) is 14. The molecule has 0 amide bonds. The van der Waals surface area contributed by atoms with Crippen molar-refractivity contribution in [1.82, 2.24) is 19.6 Å². The molecule has 2 aliphatic rings. The van der Waals surface area contributed by atoms with Crippen LogP contribution in [0.15, 0.2) is 12.5 Å². The summed E-state index contributed by atoms with van der Waals surface area (Å²) in [6.07, 6.45) is -1.39. The molecule has 2 unspecified atom stereocenters. The number of phosphoric acid groups is 1. The van der Waals surface area contributed by atoms with E-state index in [4.69, 9.17) is 28.8 Å². The number of hydrogen-bond donors (Lipinski definition) is 2. The molecule has 0 saturated carbocycles. The van der Waals surface area contributed by atoms with Crippen molar-refractivity contribution in [1.29, 1.82) is 5.26 Å². The summed E-state index contributed by atoms with van der Waals surface area (Å²) in [6, 6.07) is 1.96. The zero-order chi connectivity index (χ0) is 24.0. The molecule has 2 aromatic rings. The van der Waals surface area contributed by atoms with Gasteiger partial charge < -0.3 is 25.1 Å². The summed E-state index contributed by atoms with van der Waals surface area (Å²) in [5.74, 6) is 0.0490. The quantitative estimate of drug-likeness (QED) is 0.340. The Balaban J connectivity index is 1.58. The summed E-state index contributed by atoms with van der Waals surface area (Å²) >= 11 is 0. The molecule has 178 valence electrons. The number of carbonyl (C=O) groups is 1. The number of nitrogens with zero attached hydrogens (tertiary/aromatic N) is 5. The third kappa shape index (κ3) is 3.80. The first-order chi connectivity index (χ1) is 15.5. The van der Waals surface area contributed by atoms with E-state index in [-0.39, 0.29) is 23.8 Å². The topological polar surface area (TPSA) is 203 Å². The van der Waals surface area contributed by atoms with Gasteiger partial charge in [-0.2, -0.15) is 10.4 Å². The average molecular weight is 484 g/mol. The maximum Gasteiger partial charge on any atom is 0.510 e. The molecule has 16 heteroatoms. The Morgan fingerprint density at radius 3 is 2.97 bits per heavy atom. The molecule has 0 aromatic carbocycles. The minimum Gasteiger partial charge on any atom is -0.432 e. The van der Waals surface area contributed by atoms with Gasteiger partial charge in [-0.05, 0) is 20.8 Å². The fraction of sp³-hybridized carbons (Fsp3) is 0.588. The number of phosphoric ester groups is 1. The number of aromatic nitrogens is 4. The van der Waals surface area contributed by atoms with Crippen LogP contribution in [0.3, 0.4) is 0 Å². The normalized spacial score (nSPS) is 33.6. The van der Waals surface area contributed by atoms with Crippen LogP contribution in [-0.4, -0.2) is 68.2 Å². The van der Waals surface area contributed by atoms with Gasteiger partial charge in [-0.15, -0.1) is 0 Å². The van der Waals surface area contributed by atoms with Crippen molar-refractivity contribution < 1.29 is 42.2 Å². The second-order valence-electron chi connectivity index (χ2n) is 7.70. The van der Waals surface area contributed by atoms with Crippen molar-refractivity contribution in [2.45, 2.75) is 50.3 Å². The standard InChI is InChI=1S/C17H21N6O9P/c1-9(2)30-15(24)27-8-29-33(26)28-5-10-12(32-33)16(3,25)17(6-18,31-10)11-4-20-14-13(19)21-7-22-23(11)14/h4,7,9-10,12,25H,5,8H2,1-3H3,(H2,19,21,22)/t10?,12-,16-,17+,33?/m1/s1. The van der Waals surface area contributed by atoms with E-state index in [1.54, 1.807) is 13.8 Å². The van der Waals surface area contributed by atoms with Crippen LogP contribution >= 0.6 is 7.82 Å². The van der Waals surface area contributed by atoms with Gasteiger partial charge in [0.1, 0.15) is 35.9 Å². The molecule has 2 saturated heterocycles. The monoisotopic (exact) mass is 484 g/mol. The number of nitrogen functional groups attached to an aromatic ring is 1. The Hall–Kier alpha value is -2.86. The molecule has 2 aromatic heterocycles. The number of anilines is 1. The van der Waals surface area contributed by atoms with E-state index in [9.17, 15) is 19.7 Å². The molecule has 2 aliphatic heterocycles.